The van der Waals surface area contributed by atoms with Crippen LogP contribution in [-0.2, 0) is 0 Å². The average molecular weight is 236 g/mol. The number of fused-ring (bicyclic) bond motifs is 1. The molecule has 0 spiro atoms. The van der Waals surface area contributed by atoms with Crippen LogP contribution in [0.4, 0.5) is 11.4 Å². The fourth-order valence-corrected chi connectivity index (χ4v) is 2.27. The molecule has 1 heterocycles. The number of H-pyrrole nitrogens is 1. The Hall–Kier alpha value is -1.36. The summed E-state index contributed by atoms with van der Waals surface area (Å²) in [5, 5.41) is 11.4. The number of hydrogen-bond donors (Lipinski definition) is 3. The number of thioether (sulfide) groups is 1. The molecule has 1 aromatic carbocycles. The molecule has 0 saturated carbocycles. The van der Waals surface area contributed by atoms with Gasteiger partial charge in [-0.15, -0.1) is 0 Å². The summed E-state index contributed by atoms with van der Waals surface area (Å²) >= 11 is 1.82. The van der Waals surface area contributed by atoms with Crippen LogP contribution in [0.3, 0.4) is 0 Å². The Bertz CT molecular complexity index is 480. The van der Waals surface area contributed by atoms with Crippen LogP contribution in [0, 0.1) is 0 Å². The van der Waals surface area contributed by atoms with Gasteiger partial charge < -0.3 is 11.1 Å². The van der Waals surface area contributed by atoms with E-state index in [1.807, 2.05) is 23.9 Å². The summed E-state index contributed by atoms with van der Waals surface area (Å²) in [4.78, 5) is 0. The number of aromatic nitrogens is 2. The van der Waals surface area contributed by atoms with Crippen LogP contribution in [0.1, 0.15) is 6.92 Å². The van der Waals surface area contributed by atoms with Crippen molar-refractivity contribution >= 4 is 34.0 Å². The van der Waals surface area contributed by atoms with Crippen molar-refractivity contribution in [3.8, 4) is 0 Å². The molecule has 0 aliphatic heterocycles. The normalized spacial score (nSPS) is 12.9. The number of aromatic amines is 1. The van der Waals surface area contributed by atoms with E-state index in [1.165, 1.54) is 0 Å². The lowest BCUT2D eigenvalue weighted by atomic mass is 10.2. The lowest BCUT2D eigenvalue weighted by Crippen LogP contribution is -2.18. The molecule has 4 nitrogen and oxygen atoms in total. The Morgan fingerprint density at radius 1 is 1.56 bits per heavy atom. The van der Waals surface area contributed by atoms with Gasteiger partial charge in [-0.05, 0) is 25.3 Å². The molecular formula is C11H16N4S. The van der Waals surface area contributed by atoms with Gasteiger partial charge in [0.25, 0.3) is 0 Å². The van der Waals surface area contributed by atoms with Gasteiger partial charge in [-0.3, -0.25) is 5.10 Å². The van der Waals surface area contributed by atoms with E-state index < -0.39 is 0 Å². The summed E-state index contributed by atoms with van der Waals surface area (Å²) in [7, 11) is 0. The zero-order valence-corrected chi connectivity index (χ0v) is 10.3. The minimum absolute atomic E-state index is 0.401. The topological polar surface area (TPSA) is 66.7 Å². The molecule has 1 aromatic heterocycles. The molecule has 1 atom stereocenters. The molecule has 4 N–H and O–H groups in total. The summed E-state index contributed by atoms with van der Waals surface area (Å²) in [6, 6.07) is 4.35. The summed E-state index contributed by atoms with van der Waals surface area (Å²) in [6.07, 6.45) is 3.88. The molecule has 86 valence electrons. The molecule has 5 heteroatoms. The van der Waals surface area contributed by atoms with E-state index in [-0.39, 0.29) is 0 Å². The largest absolute Gasteiger partial charge is 0.397 e. The highest BCUT2D eigenvalue weighted by molar-refractivity contribution is 7.98. The van der Waals surface area contributed by atoms with E-state index >= 15 is 0 Å². The first kappa shape index (κ1) is 11.1. The summed E-state index contributed by atoms with van der Waals surface area (Å²) in [6.45, 7) is 2.15. The fraction of sp³-hybridized carbons (Fsp3) is 0.364. The van der Waals surface area contributed by atoms with Crippen molar-refractivity contribution in [3.63, 3.8) is 0 Å². The quantitative estimate of drug-likeness (QED) is 0.713. The SMILES string of the molecule is CSCC(C)Nc1cc2[nH]ncc2cc1N. The Kier molecular flexibility index (Phi) is 3.24. The van der Waals surface area contributed by atoms with Gasteiger partial charge in [0.15, 0.2) is 0 Å². The maximum atomic E-state index is 5.98. The first-order valence-corrected chi connectivity index (χ1v) is 6.58. The van der Waals surface area contributed by atoms with Gasteiger partial charge in [-0.1, -0.05) is 0 Å². The van der Waals surface area contributed by atoms with E-state index in [0.29, 0.717) is 6.04 Å². The van der Waals surface area contributed by atoms with Gasteiger partial charge in [0.05, 0.1) is 23.1 Å². The van der Waals surface area contributed by atoms with E-state index in [9.17, 15) is 0 Å². The summed E-state index contributed by atoms with van der Waals surface area (Å²) in [5.74, 6) is 1.06. The van der Waals surface area contributed by atoms with Crippen LogP contribution in [0.5, 0.6) is 0 Å². The minimum atomic E-state index is 0.401. The number of nitrogen functional groups attached to an aromatic ring is 1. The second kappa shape index (κ2) is 4.65. The van der Waals surface area contributed by atoms with Crippen molar-refractivity contribution < 1.29 is 0 Å². The number of anilines is 2. The van der Waals surface area contributed by atoms with E-state index in [1.54, 1.807) is 6.20 Å². The molecule has 16 heavy (non-hydrogen) atoms. The molecule has 2 rings (SSSR count). The second-order valence-corrected chi connectivity index (χ2v) is 4.81. The van der Waals surface area contributed by atoms with E-state index in [0.717, 1.165) is 28.0 Å². The van der Waals surface area contributed by atoms with Gasteiger partial charge in [-0.2, -0.15) is 16.9 Å². The van der Waals surface area contributed by atoms with Gasteiger partial charge in [0, 0.05) is 17.2 Å². The van der Waals surface area contributed by atoms with Gasteiger partial charge in [0.2, 0.25) is 0 Å². The van der Waals surface area contributed by atoms with Crippen LogP contribution in [0.15, 0.2) is 18.3 Å². The van der Waals surface area contributed by atoms with Crippen LogP contribution >= 0.6 is 11.8 Å². The van der Waals surface area contributed by atoms with Crippen LogP contribution in [-0.4, -0.2) is 28.2 Å². The zero-order valence-electron chi connectivity index (χ0n) is 9.45. The first-order valence-electron chi connectivity index (χ1n) is 5.19. The highest BCUT2D eigenvalue weighted by Gasteiger charge is 2.06. The van der Waals surface area contributed by atoms with E-state index in [4.69, 9.17) is 5.73 Å². The number of rotatable bonds is 4. The third-order valence-corrected chi connectivity index (χ3v) is 3.26. The lowest BCUT2D eigenvalue weighted by molar-refractivity contribution is 0.915. The van der Waals surface area contributed by atoms with Gasteiger partial charge in [0.1, 0.15) is 0 Å². The molecular weight excluding hydrogens is 220 g/mol. The number of nitrogens with two attached hydrogens (primary N) is 1. The second-order valence-electron chi connectivity index (χ2n) is 3.90. The maximum absolute atomic E-state index is 5.98. The Morgan fingerprint density at radius 3 is 3.12 bits per heavy atom. The Balaban J connectivity index is 2.25. The molecule has 0 fully saturated rings. The third-order valence-electron chi connectivity index (χ3n) is 2.43. The van der Waals surface area contributed by atoms with Crippen molar-refractivity contribution in [1.29, 1.82) is 0 Å². The summed E-state index contributed by atoms with van der Waals surface area (Å²) < 4.78 is 0. The fourth-order valence-electron chi connectivity index (χ4n) is 1.69. The molecule has 1 unspecified atom stereocenters. The van der Waals surface area contributed by atoms with Crippen LogP contribution < -0.4 is 11.1 Å². The molecule has 0 bridgehead atoms. The highest BCUT2D eigenvalue weighted by atomic mass is 32.2. The molecule has 0 amide bonds. The van der Waals surface area contributed by atoms with E-state index in [2.05, 4.69) is 28.7 Å². The van der Waals surface area contributed by atoms with Crippen LogP contribution in [0.25, 0.3) is 10.9 Å². The third kappa shape index (κ3) is 2.24. The smallest absolute Gasteiger partial charge is 0.0672 e. The van der Waals surface area contributed by atoms with Crippen LogP contribution in [0.2, 0.25) is 0 Å². The number of nitrogens with zero attached hydrogens (tertiary/aromatic N) is 1. The highest BCUT2D eigenvalue weighted by Crippen LogP contribution is 2.25. The van der Waals surface area contributed by atoms with Crippen molar-refractivity contribution in [3.05, 3.63) is 18.3 Å². The molecule has 0 saturated heterocycles. The predicted molar refractivity (Wildman–Crippen MR) is 72.0 cm³/mol. The van der Waals surface area contributed by atoms with Crippen molar-refractivity contribution in [2.75, 3.05) is 23.1 Å². The Labute approximate surface area is 99.0 Å². The maximum Gasteiger partial charge on any atom is 0.0672 e. The lowest BCUT2D eigenvalue weighted by Gasteiger charge is -2.15. The number of nitrogens with one attached hydrogen (secondary N) is 2. The zero-order chi connectivity index (χ0) is 11.5. The van der Waals surface area contributed by atoms with Gasteiger partial charge in [-0.25, -0.2) is 0 Å². The molecule has 2 aromatic rings. The summed E-state index contributed by atoms with van der Waals surface area (Å²) in [5.41, 5.74) is 8.72. The van der Waals surface area contributed by atoms with Crippen molar-refractivity contribution in [1.82, 2.24) is 10.2 Å². The number of hydrogen-bond acceptors (Lipinski definition) is 4. The van der Waals surface area contributed by atoms with Crippen molar-refractivity contribution in [2.24, 2.45) is 0 Å². The first-order chi connectivity index (χ1) is 7.70. The standard InChI is InChI=1S/C11H16N4S/c1-7(6-16-2)14-11-4-10-8(3-9(11)12)5-13-15-10/h3-5,7,14H,6,12H2,1-2H3,(H,13,15). The van der Waals surface area contributed by atoms with Gasteiger partial charge >= 0.3 is 0 Å². The molecule has 0 aliphatic carbocycles. The number of benzene rings is 1. The average Bonchev–Trinajstić information content (AvgIpc) is 2.65. The monoisotopic (exact) mass is 236 g/mol. The molecule has 0 radical (unpaired) electrons. The minimum Gasteiger partial charge on any atom is -0.397 e. The van der Waals surface area contributed by atoms with Crippen molar-refractivity contribution in [2.45, 2.75) is 13.0 Å². The molecule has 0 aliphatic rings. The Morgan fingerprint density at radius 2 is 2.38 bits per heavy atom. The predicted octanol–water partition coefficient (Wildman–Crippen LogP) is 2.31.